The Bertz CT molecular complexity index is 645. The lowest BCUT2D eigenvalue weighted by Gasteiger charge is -2.33. The van der Waals surface area contributed by atoms with E-state index in [0.29, 0.717) is 25.9 Å². The highest BCUT2D eigenvalue weighted by Gasteiger charge is 2.28. The molecule has 2 aliphatic heterocycles. The Labute approximate surface area is 193 Å². The molecule has 0 bridgehead atoms. The molecule has 1 N–H and O–H groups in total. The Hall–Kier alpha value is -1.13. The maximum atomic E-state index is 12.7. The van der Waals surface area contributed by atoms with Crippen LogP contribution in [-0.2, 0) is 14.3 Å². The van der Waals surface area contributed by atoms with Crippen molar-refractivity contribution < 1.29 is 24.2 Å². The Balaban J connectivity index is 2.18. The lowest BCUT2D eigenvalue weighted by atomic mass is 9.92. The smallest absolute Gasteiger partial charge is 0.410 e. The van der Waals surface area contributed by atoms with E-state index in [-0.39, 0.29) is 24.3 Å². The van der Waals surface area contributed by atoms with Gasteiger partial charge in [-0.05, 0) is 48.5 Å². The van der Waals surface area contributed by atoms with Crippen LogP contribution in [0.2, 0.25) is 0 Å². The van der Waals surface area contributed by atoms with Gasteiger partial charge < -0.3 is 24.4 Å². The van der Waals surface area contributed by atoms with Crippen LogP contribution < -0.4 is 0 Å². The molecule has 0 aliphatic carbocycles. The second-order valence-corrected chi connectivity index (χ2v) is 9.18. The van der Waals surface area contributed by atoms with Gasteiger partial charge in [0.05, 0.1) is 12.5 Å². The summed E-state index contributed by atoms with van der Waals surface area (Å²) in [5.74, 6) is -0.459. The van der Waals surface area contributed by atoms with Gasteiger partial charge in [-0.15, -0.1) is 0 Å². The fourth-order valence-electron chi connectivity index (χ4n) is 3.69. The Kier molecular flexibility index (Phi) is 10.1. The molecule has 0 aromatic heterocycles. The minimum atomic E-state index is -0.766. The molecular weight excluding hydrogens is 499 g/mol. The lowest BCUT2D eigenvalue weighted by molar-refractivity contribution is -0.151. The van der Waals surface area contributed by atoms with Crippen molar-refractivity contribution in [3.05, 3.63) is 21.8 Å². The molecule has 2 heterocycles. The Morgan fingerprint density at radius 3 is 2.53 bits per heavy atom. The third kappa shape index (κ3) is 7.53. The SMILES string of the molecule is C/C(=C\I)C1OC(=O)CC(O)CCC(C)C(OC(=O)N2CCN(C)CC2)C=CC1C. The minimum Gasteiger partial charge on any atom is -0.457 e. The molecule has 2 rings (SSSR count). The summed E-state index contributed by atoms with van der Waals surface area (Å²) in [4.78, 5) is 28.9. The average Bonchev–Trinajstić information content (AvgIpc) is 2.72. The molecule has 2 aliphatic rings. The molecule has 0 aromatic carbocycles. The van der Waals surface area contributed by atoms with Crippen molar-refractivity contribution in [2.24, 2.45) is 11.8 Å². The van der Waals surface area contributed by atoms with Crippen molar-refractivity contribution in [1.82, 2.24) is 9.80 Å². The van der Waals surface area contributed by atoms with Crippen molar-refractivity contribution in [2.45, 2.75) is 58.3 Å². The van der Waals surface area contributed by atoms with Crippen LogP contribution in [0.15, 0.2) is 21.8 Å². The van der Waals surface area contributed by atoms with Crippen LogP contribution in [0, 0.1) is 11.8 Å². The number of carbonyl (C=O) groups is 2. The normalized spacial score (nSPS) is 32.7. The molecule has 5 atom stereocenters. The summed E-state index contributed by atoms with van der Waals surface area (Å²) >= 11 is 2.13. The van der Waals surface area contributed by atoms with Gasteiger partial charge in [-0.3, -0.25) is 4.79 Å². The maximum Gasteiger partial charge on any atom is 0.410 e. The minimum absolute atomic E-state index is 0.0228. The van der Waals surface area contributed by atoms with E-state index in [9.17, 15) is 14.7 Å². The van der Waals surface area contributed by atoms with E-state index in [0.717, 1.165) is 18.7 Å². The monoisotopic (exact) mass is 534 g/mol. The van der Waals surface area contributed by atoms with Crippen LogP contribution in [0.4, 0.5) is 4.79 Å². The van der Waals surface area contributed by atoms with Crippen LogP contribution >= 0.6 is 22.6 Å². The zero-order valence-electron chi connectivity index (χ0n) is 18.4. The molecule has 30 heavy (non-hydrogen) atoms. The van der Waals surface area contributed by atoms with E-state index in [1.54, 1.807) is 4.90 Å². The average molecular weight is 534 g/mol. The quantitative estimate of drug-likeness (QED) is 0.333. The highest BCUT2D eigenvalue weighted by atomic mass is 127. The third-order valence-electron chi connectivity index (χ3n) is 5.88. The van der Waals surface area contributed by atoms with Crippen LogP contribution in [0.3, 0.4) is 0 Å². The molecule has 0 aromatic rings. The second kappa shape index (κ2) is 12.0. The molecule has 8 heteroatoms. The molecule has 1 saturated heterocycles. The van der Waals surface area contributed by atoms with Gasteiger partial charge >= 0.3 is 12.1 Å². The van der Waals surface area contributed by atoms with Gasteiger partial charge in [-0.25, -0.2) is 4.79 Å². The van der Waals surface area contributed by atoms with Crippen LogP contribution in [0.1, 0.15) is 40.0 Å². The van der Waals surface area contributed by atoms with Crippen LogP contribution in [0.5, 0.6) is 0 Å². The Morgan fingerprint density at radius 1 is 1.23 bits per heavy atom. The number of nitrogens with zero attached hydrogens (tertiary/aromatic N) is 2. The number of hydrogen-bond acceptors (Lipinski definition) is 6. The van der Waals surface area contributed by atoms with E-state index in [1.807, 2.05) is 44.1 Å². The first-order chi connectivity index (χ1) is 14.2. The number of carbonyl (C=O) groups excluding carboxylic acids is 2. The topological polar surface area (TPSA) is 79.3 Å². The third-order valence-corrected chi connectivity index (χ3v) is 6.86. The van der Waals surface area contributed by atoms with Gasteiger partial charge in [0.25, 0.3) is 0 Å². The molecular formula is C22H35IN2O5. The standard InChI is InChI=1S/C22H35IN2O5/c1-15-5-7-18(26)13-20(27)30-21(17(3)14-23)16(2)6-8-19(15)29-22(28)25-11-9-24(4)10-12-25/h6,8,14-16,18-19,21,26H,5,7,9-13H2,1-4H3/b8-6?,17-14+. The number of cyclic esters (lactones) is 1. The first kappa shape index (κ1) is 25.1. The van der Waals surface area contributed by atoms with Gasteiger partial charge in [0, 0.05) is 32.1 Å². The molecule has 7 nitrogen and oxygen atoms in total. The predicted octanol–water partition coefficient (Wildman–Crippen LogP) is 3.36. The molecule has 0 radical (unpaired) electrons. The van der Waals surface area contributed by atoms with Gasteiger partial charge in [0.2, 0.25) is 0 Å². The second-order valence-electron chi connectivity index (χ2n) is 8.56. The van der Waals surface area contributed by atoms with E-state index in [1.165, 1.54) is 0 Å². The number of hydrogen-bond donors (Lipinski definition) is 1. The lowest BCUT2D eigenvalue weighted by Crippen LogP contribution is -2.48. The van der Waals surface area contributed by atoms with Gasteiger partial charge in [-0.2, -0.15) is 0 Å². The van der Waals surface area contributed by atoms with Crippen molar-refractivity contribution in [2.75, 3.05) is 33.2 Å². The molecule has 1 fully saturated rings. The van der Waals surface area contributed by atoms with Crippen molar-refractivity contribution in [1.29, 1.82) is 0 Å². The van der Waals surface area contributed by atoms with Gasteiger partial charge in [0.15, 0.2) is 0 Å². The van der Waals surface area contributed by atoms with E-state index >= 15 is 0 Å². The fourth-order valence-corrected chi connectivity index (χ4v) is 4.05. The van der Waals surface area contributed by atoms with Crippen molar-refractivity contribution >= 4 is 34.7 Å². The first-order valence-corrected chi connectivity index (χ1v) is 11.9. The number of piperazine rings is 1. The zero-order chi connectivity index (χ0) is 22.3. The number of aliphatic hydroxyl groups excluding tert-OH is 1. The van der Waals surface area contributed by atoms with Crippen LogP contribution in [0.25, 0.3) is 0 Å². The number of aliphatic hydroxyl groups is 1. The summed E-state index contributed by atoms with van der Waals surface area (Å²) in [5.41, 5.74) is 0.937. The zero-order valence-corrected chi connectivity index (χ0v) is 20.6. The number of amides is 1. The summed E-state index contributed by atoms with van der Waals surface area (Å²) < 4.78 is 13.4. The molecule has 170 valence electrons. The first-order valence-electron chi connectivity index (χ1n) is 10.7. The fraction of sp³-hybridized carbons (Fsp3) is 0.727. The van der Waals surface area contributed by atoms with E-state index in [4.69, 9.17) is 9.47 Å². The number of likely N-dealkylation sites (N-methyl/N-ethyl adjacent to an activating group) is 1. The highest BCUT2D eigenvalue weighted by Crippen LogP contribution is 2.25. The number of ether oxygens (including phenoxy) is 2. The van der Waals surface area contributed by atoms with E-state index < -0.39 is 24.3 Å². The molecule has 0 saturated carbocycles. The summed E-state index contributed by atoms with van der Waals surface area (Å²) in [5, 5.41) is 10.3. The molecule has 1 amide bonds. The Morgan fingerprint density at radius 2 is 1.90 bits per heavy atom. The number of esters is 1. The van der Waals surface area contributed by atoms with Crippen molar-refractivity contribution in [3.8, 4) is 0 Å². The van der Waals surface area contributed by atoms with Gasteiger partial charge in [-0.1, -0.05) is 42.5 Å². The summed E-state index contributed by atoms with van der Waals surface area (Å²) in [7, 11) is 2.04. The van der Waals surface area contributed by atoms with E-state index in [2.05, 4.69) is 27.5 Å². The summed E-state index contributed by atoms with van der Waals surface area (Å²) in [6.07, 6.45) is 3.08. The van der Waals surface area contributed by atoms with Gasteiger partial charge in [0.1, 0.15) is 12.2 Å². The van der Waals surface area contributed by atoms with Crippen molar-refractivity contribution in [3.63, 3.8) is 0 Å². The number of halogens is 1. The maximum absolute atomic E-state index is 12.7. The molecule has 0 spiro atoms. The summed E-state index contributed by atoms with van der Waals surface area (Å²) in [6.45, 7) is 8.91. The molecule has 5 unspecified atom stereocenters. The summed E-state index contributed by atoms with van der Waals surface area (Å²) in [6, 6.07) is 0. The number of rotatable bonds is 2. The van der Waals surface area contributed by atoms with Crippen LogP contribution in [-0.4, -0.2) is 78.5 Å². The largest absolute Gasteiger partial charge is 0.457 e. The highest BCUT2D eigenvalue weighted by molar-refractivity contribution is 14.1. The predicted molar refractivity (Wildman–Crippen MR) is 124 cm³/mol.